The first-order valence-corrected chi connectivity index (χ1v) is 5.90. The Hall–Kier alpha value is -0.220. The number of carbonyl (C=O) groups excluding carboxylic acids is 1. The van der Waals surface area contributed by atoms with Crippen LogP contribution < -0.4 is 11.1 Å². The number of nitrogens with one attached hydrogen (secondary N) is 1. The standard InChI is InChI=1S/C9H18N2OS/c1-6(2)8(10)9(12)11-7-3-4-13-5-7/h6-8H,3-5,10H2,1-2H3,(H,11,12). The molecule has 1 saturated heterocycles. The van der Waals surface area contributed by atoms with Crippen molar-refractivity contribution in [2.75, 3.05) is 11.5 Å². The minimum atomic E-state index is -0.356. The number of nitrogens with two attached hydrogens (primary N) is 1. The monoisotopic (exact) mass is 202 g/mol. The van der Waals surface area contributed by atoms with E-state index in [4.69, 9.17) is 5.73 Å². The number of amides is 1. The van der Waals surface area contributed by atoms with E-state index in [0.717, 1.165) is 17.9 Å². The Morgan fingerprint density at radius 2 is 2.31 bits per heavy atom. The van der Waals surface area contributed by atoms with E-state index in [0.29, 0.717) is 6.04 Å². The van der Waals surface area contributed by atoms with E-state index in [1.54, 1.807) is 0 Å². The molecule has 1 aliphatic heterocycles. The molecule has 0 aromatic carbocycles. The van der Waals surface area contributed by atoms with Crippen molar-refractivity contribution in [3.8, 4) is 0 Å². The van der Waals surface area contributed by atoms with Gasteiger partial charge in [0.25, 0.3) is 0 Å². The lowest BCUT2D eigenvalue weighted by molar-refractivity contribution is -0.123. The van der Waals surface area contributed by atoms with Gasteiger partial charge in [0.1, 0.15) is 0 Å². The zero-order valence-corrected chi connectivity index (χ0v) is 9.06. The van der Waals surface area contributed by atoms with Crippen LogP contribution in [0.5, 0.6) is 0 Å². The molecule has 2 unspecified atom stereocenters. The van der Waals surface area contributed by atoms with Gasteiger partial charge in [0.2, 0.25) is 5.91 Å². The average Bonchev–Trinajstić information content (AvgIpc) is 2.55. The van der Waals surface area contributed by atoms with Gasteiger partial charge in [-0.05, 0) is 18.1 Å². The molecule has 0 saturated carbocycles. The van der Waals surface area contributed by atoms with Gasteiger partial charge in [-0.1, -0.05) is 13.8 Å². The van der Waals surface area contributed by atoms with Crippen LogP contribution in [0.2, 0.25) is 0 Å². The van der Waals surface area contributed by atoms with Crippen LogP contribution in [0.1, 0.15) is 20.3 Å². The first-order chi connectivity index (χ1) is 6.11. The van der Waals surface area contributed by atoms with Gasteiger partial charge >= 0.3 is 0 Å². The van der Waals surface area contributed by atoms with E-state index in [1.165, 1.54) is 0 Å². The summed E-state index contributed by atoms with van der Waals surface area (Å²) in [5, 5.41) is 2.98. The second kappa shape index (κ2) is 4.86. The van der Waals surface area contributed by atoms with E-state index in [1.807, 2.05) is 25.6 Å². The Labute approximate surface area is 83.8 Å². The predicted molar refractivity (Wildman–Crippen MR) is 56.7 cm³/mol. The summed E-state index contributed by atoms with van der Waals surface area (Å²) in [6.45, 7) is 3.93. The van der Waals surface area contributed by atoms with Crippen LogP contribution in [0.25, 0.3) is 0 Å². The maximum Gasteiger partial charge on any atom is 0.237 e. The van der Waals surface area contributed by atoms with E-state index in [9.17, 15) is 4.79 Å². The molecule has 3 nitrogen and oxygen atoms in total. The Bertz CT molecular complexity index is 178. The number of carbonyl (C=O) groups is 1. The van der Waals surface area contributed by atoms with Crippen LogP contribution in [0.4, 0.5) is 0 Å². The molecule has 1 rings (SSSR count). The molecule has 13 heavy (non-hydrogen) atoms. The largest absolute Gasteiger partial charge is 0.351 e. The molecule has 1 fully saturated rings. The van der Waals surface area contributed by atoms with Gasteiger partial charge in [0.15, 0.2) is 0 Å². The van der Waals surface area contributed by atoms with Crippen LogP contribution in [-0.4, -0.2) is 29.5 Å². The van der Waals surface area contributed by atoms with Crippen molar-refractivity contribution in [3.05, 3.63) is 0 Å². The van der Waals surface area contributed by atoms with Crippen LogP contribution in [0, 0.1) is 5.92 Å². The second-order valence-corrected chi connectivity index (χ2v) is 4.99. The van der Waals surface area contributed by atoms with Gasteiger partial charge < -0.3 is 11.1 Å². The highest BCUT2D eigenvalue weighted by molar-refractivity contribution is 7.99. The summed E-state index contributed by atoms with van der Waals surface area (Å²) in [6, 6.07) is -0.00657. The molecular weight excluding hydrogens is 184 g/mol. The third-order valence-corrected chi connectivity index (χ3v) is 3.46. The fraction of sp³-hybridized carbons (Fsp3) is 0.889. The summed E-state index contributed by atoms with van der Waals surface area (Å²) in [7, 11) is 0. The molecule has 1 heterocycles. The summed E-state index contributed by atoms with van der Waals surface area (Å²) >= 11 is 1.89. The van der Waals surface area contributed by atoms with E-state index in [-0.39, 0.29) is 17.9 Å². The Morgan fingerprint density at radius 1 is 1.62 bits per heavy atom. The molecule has 1 amide bonds. The van der Waals surface area contributed by atoms with Gasteiger partial charge in [0, 0.05) is 11.8 Å². The van der Waals surface area contributed by atoms with Gasteiger partial charge in [0.05, 0.1) is 6.04 Å². The van der Waals surface area contributed by atoms with Crippen LogP contribution >= 0.6 is 11.8 Å². The molecule has 0 aromatic heterocycles. The summed E-state index contributed by atoms with van der Waals surface area (Å²) < 4.78 is 0. The summed E-state index contributed by atoms with van der Waals surface area (Å²) in [5.74, 6) is 2.41. The lowest BCUT2D eigenvalue weighted by Gasteiger charge is -2.18. The van der Waals surface area contributed by atoms with Crippen molar-refractivity contribution >= 4 is 17.7 Å². The predicted octanol–water partition coefficient (Wildman–Crippen LogP) is 0.591. The summed E-state index contributed by atoms with van der Waals surface area (Å²) in [5.41, 5.74) is 5.72. The normalized spacial score (nSPS) is 24.8. The topological polar surface area (TPSA) is 55.1 Å². The zero-order chi connectivity index (χ0) is 9.84. The Morgan fingerprint density at radius 3 is 2.77 bits per heavy atom. The number of hydrogen-bond acceptors (Lipinski definition) is 3. The van der Waals surface area contributed by atoms with Crippen LogP contribution in [0.3, 0.4) is 0 Å². The van der Waals surface area contributed by atoms with Crippen molar-refractivity contribution in [1.82, 2.24) is 5.32 Å². The Kier molecular flexibility index (Phi) is 4.06. The van der Waals surface area contributed by atoms with E-state index < -0.39 is 0 Å². The number of thioether (sulfide) groups is 1. The van der Waals surface area contributed by atoms with Crippen molar-refractivity contribution < 1.29 is 4.79 Å². The van der Waals surface area contributed by atoms with Gasteiger partial charge in [-0.3, -0.25) is 4.79 Å². The molecule has 2 atom stereocenters. The minimum Gasteiger partial charge on any atom is -0.351 e. The number of rotatable bonds is 3. The molecule has 3 N–H and O–H groups in total. The third kappa shape index (κ3) is 3.19. The molecule has 0 aromatic rings. The molecule has 0 radical (unpaired) electrons. The molecule has 1 aliphatic rings. The average molecular weight is 202 g/mol. The van der Waals surface area contributed by atoms with Crippen molar-refractivity contribution in [2.45, 2.75) is 32.4 Å². The summed E-state index contributed by atoms with van der Waals surface area (Å²) in [4.78, 5) is 11.5. The van der Waals surface area contributed by atoms with E-state index >= 15 is 0 Å². The fourth-order valence-electron chi connectivity index (χ4n) is 1.25. The molecule has 76 valence electrons. The highest BCUT2D eigenvalue weighted by Crippen LogP contribution is 2.17. The van der Waals surface area contributed by atoms with Crippen molar-refractivity contribution in [2.24, 2.45) is 11.7 Å². The molecule has 0 bridgehead atoms. The minimum absolute atomic E-state index is 0.00231. The molecule has 0 spiro atoms. The van der Waals surface area contributed by atoms with Gasteiger partial charge in [-0.25, -0.2) is 0 Å². The van der Waals surface area contributed by atoms with E-state index in [2.05, 4.69) is 5.32 Å². The van der Waals surface area contributed by atoms with Crippen molar-refractivity contribution in [3.63, 3.8) is 0 Å². The third-order valence-electron chi connectivity index (χ3n) is 2.30. The highest BCUT2D eigenvalue weighted by Gasteiger charge is 2.22. The lowest BCUT2D eigenvalue weighted by Crippen LogP contribution is -2.47. The molecule has 4 heteroatoms. The quantitative estimate of drug-likeness (QED) is 0.704. The second-order valence-electron chi connectivity index (χ2n) is 3.84. The van der Waals surface area contributed by atoms with Gasteiger partial charge in [-0.15, -0.1) is 0 Å². The SMILES string of the molecule is CC(C)C(N)C(=O)NC1CCSC1. The summed E-state index contributed by atoms with van der Waals surface area (Å²) in [6.07, 6.45) is 1.08. The molecule has 0 aliphatic carbocycles. The lowest BCUT2D eigenvalue weighted by atomic mass is 10.0. The van der Waals surface area contributed by atoms with Crippen LogP contribution in [-0.2, 0) is 4.79 Å². The van der Waals surface area contributed by atoms with Crippen LogP contribution in [0.15, 0.2) is 0 Å². The zero-order valence-electron chi connectivity index (χ0n) is 8.25. The highest BCUT2D eigenvalue weighted by atomic mass is 32.2. The maximum atomic E-state index is 11.5. The smallest absolute Gasteiger partial charge is 0.237 e. The fourth-order valence-corrected chi connectivity index (χ4v) is 2.40. The maximum absolute atomic E-state index is 11.5. The number of hydrogen-bond donors (Lipinski definition) is 2. The first kappa shape index (κ1) is 10.9. The van der Waals surface area contributed by atoms with Gasteiger partial charge in [-0.2, -0.15) is 11.8 Å². The Balaban J connectivity index is 2.31. The van der Waals surface area contributed by atoms with Crippen molar-refractivity contribution in [1.29, 1.82) is 0 Å². The first-order valence-electron chi connectivity index (χ1n) is 4.75. The molecular formula is C9H18N2OS.